The lowest BCUT2D eigenvalue weighted by atomic mass is 10.1. The molecule has 1 aliphatic rings. The van der Waals surface area contributed by atoms with E-state index >= 15 is 0 Å². The number of rotatable bonds is 6. The van der Waals surface area contributed by atoms with E-state index in [1.54, 1.807) is 4.90 Å². The molecule has 0 atom stereocenters. The summed E-state index contributed by atoms with van der Waals surface area (Å²) in [4.78, 5) is 26.0. The number of carbonyl (C=O) groups is 2. The Morgan fingerprint density at radius 2 is 1.68 bits per heavy atom. The average molecular weight is 382 g/mol. The van der Waals surface area contributed by atoms with Gasteiger partial charge in [-0.1, -0.05) is 30.3 Å². The quantitative estimate of drug-likeness (QED) is 0.770. The molecule has 3 rings (SSSR count). The van der Waals surface area contributed by atoms with Crippen molar-refractivity contribution in [3.05, 3.63) is 71.4 Å². The van der Waals surface area contributed by atoms with Gasteiger partial charge in [0.2, 0.25) is 0 Å². The Morgan fingerprint density at radius 3 is 2.32 bits per heavy atom. The number of carbonyl (C=O) groups excluding carboxylic acids is 2. The second kappa shape index (κ2) is 9.05. The van der Waals surface area contributed by atoms with E-state index in [4.69, 9.17) is 14.2 Å². The highest BCUT2D eigenvalue weighted by Crippen LogP contribution is 2.27. The van der Waals surface area contributed by atoms with Crippen molar-refractivity contribution in [1.29, 1.82) is 0 Å². The molecule has 7 nitrogen and oxygen atoms in total. The minimum absolute atomic E-state index is 0.00960. The van der Waals surface area contributed by atoms with Crippen LogP contribution in [0.25, 0.3) is 0 Å². The van der Waals surface area contributed by atoms with E-state index in [9.17, 15) is 9.59 Å². The van der Waals surface area contributed by atoms with E-state index in [2.05, 4.69) is 5.32 Å². The summed E-state index contributed by atoms with van der Waals surface area (Å²) in [6.45, 7) is 0.818. The molecular formula is C21H22N2O5. The number of hydrogen-bond acceptors (Lipinski definition) is 7. The fraction of sp³-hybridized carbons (Fsp3) is 0.238. The van der Waals surface area contributed by atoms with Crippen molar-refractivity contribution in [2.75, 3.05) is 37.8 Å². The van der Waals surface area contributed by atoms with Crippen LogP contribution in [0.5, 0.6) is 0 Å². The number of anilines is 2. The Kier molecular flexibility index (Phi) is 6.29. The molecule has 0 unspecified atom stereocenters. The highest BCUT2D eigenvalue weighted by Gasteiger charge is 2.32. The molecule has 0 saturated heterocycles. The number of benzene rings is 2. The molecule has 0 saturated carbocycles. The van der Waals surface area contributed by atoms with Crippen LogP contribution in [0.1, 0.15) is 5.56 Å². The zero-order valence-electron chi connectivity index (χ0n) is 15.8. The van der Waals surface area contributed by atoms with Crippen molar-refractivity contribution in [3.8, 4) is 0 Å². The fourth-order valence-electron chi connectivity index (χ4n) is 2.91. The SMILES string of the molecule is COC(=O)C1=C(C(=O)OC)N(c2ccc(NCc3ccccc3)cc2)COC1. The van der Waals surface area contributed by atoms with Crippen molar-refractivity contribution >= 4 is 23.3 Å². The topological polar surface area (TPSA) is 77.1 Å². The third-order valence-corrected chi connectivity index (χ3v) is 4.35. The maximum absolute atomic E-state index is 12.3. The minimum Gasteiger partial charge on any atom is -0.466 e. The first-order valence-corrected chi connectivity index (χ1v) is 8.77. The first kappa shape index (κ1) is 19.4. The molecule has 7 heteroatoms. The molecule has 0 radical (unpaired) electrons. The normalized spacial score (nSPS) is 13.9. The summed E-state index contributed by atoms with van der Waals surface area (Å²) in [5.74, 6) is -1.23. The number of nitrogens with one attached hydrogen (secondary N) is 1. The third kappa shape index (κ3) is 4.32. The van der Waals surface area contributed by atoms with Gasteiger partial charge in [-0.2, -0.15) is 0 Å². The molecular weight excluding hydrogens is 360 g/mol. The number of ether oxygens (including phenoxy) is 3. The molecule has 1 aliphatic heterocycles. The number of methoxy groups -OCH3 is 2. The van der Waals surface area contributed by atoms with Gasteiger partial charge in [-0.15, -0.1) is 0 Å². The molecule has 0 spiro atoms. The first-order chi connectivity index (χ1) is 13.6. The van der Waals surface area contributed by atoms with Crippen LogP contribution in [0.15, 0.2) is 65.9 Å². The van der Waals surface area contributed by atoms with E-state index in [0.29, 0.717) is 12.2 Å². The summed E-state index contributed by atoms with van der Waals surface area (Å²) in [5.41, 5.74) is 3.07. The Balaban J connectivity index is 1.81. The van der Waals surface area contributed by atoms with Gasteiger partial charge in [0.05, 0.1) is 26.4 Å². The smallest absolute Gasteiger partial charge is 0.355 e. The molecule has 1 heterocycles. The first-order valence-electron chi connectivity index (χ1n) is 8.77. The van der Waals surface area contributed by atoms with Gasteiger partial charge in [-0.3, -0.25) is 0 Å². The summed E-state index contributed by atoms with van der Waals surface area (Å²) in [7, 11) is 2.53. The van der Waals surface area contributed by atoms with Gasteiger partial charge in [0, 0.05) is 17.9 Å². The fourth-order valence-corrected chi connectivity index (χ4v) is 2.91. The van der Waals surface area contributed by atoms with Crippen molar-refractivity contribution < 1.29 is 23.8 Å². The molecule has 0 amide bonds. The van der Waals surface area contributed by atoms with Gasteiger partial charge in [0.1, 0.15) is 12.4 Å². The van der Waals surface area contributed by atoms with Crippen LogP contribution in [0, 0.1) is 0 Å². The van der Waals surface area contributed by atoms with E-state index in [-0.39, 0.29) is 24.6 Å². The van der Waals surface area contributed by atoms with Crippen LogP contribution in [0.2, 0.25) is 0 Å². The lowest BCUT2D eigenvalue weighted by molar-refractivity contribution is -0.140. The molecule has 28 heavy (non-hydrogen) atoms. The van der Waals surface area contributed by atoms with Crippen molar-refractivity contribution in [2.24, 2.45) is 0 Å². The van der Waals surface area contributed by atoms with Crippen molar-refractivity contribution in [3.63, 3.8) is 0 Å². The van der Waals surface area contributed by atoms with Gasteiger partial charge in [-0.25, -0.2) is 9.59 Å². The Hall–Kier alpha value is -3.32. The minimum atomic E-state index is -0.619. The summed E-state index contributed by atoms with van der Waals surface area (Å²) < 4.78 is 15.1. The van der Waals surface area contributed by atoms with Gasteiger partial charge in [0.15, 0.2) is 0 Å². The highest BCUT2D eigenvalue weighted by molar-refractivity contribution is 6.03. The van der Waals surface area contributed by atoms with Crippen LogP contribution < -0.4 is 10.2 Å². The van der Waals surface area contributed by atoms with Crippen molar-refractivity contribution in [1.82, 2.24) is 0 Å². The predicted octanol–water partition coefficient (Wildman–Crippen LogP) is 2.69. The summed E-state index contributed by atoms with van der Waals surface area (Å²) >= 11 is 0. The number of hydrogen-bond donors (Lipinski definition) is 1. The van der Waals surface area contributed by atoms with E-state index in [1.165, 1.54) is 19.8 Å². The largest absolute Gasteiger partial charge is 0.466 e. The van der Waals surface area contributed by atoms with E-state index in [0.717, 1.165) is 5.69 Å². The van der Waals surface area contributed by atoms with Crippen LogP contribution in [-0.2, 0) is 30.3 Å². The monoisotopic (exact) mass is 382 g/mol. The maximum Gasteiger partial charge on any atom is 0.355 e. The second-order valence-electron chi connectivity index (χ2n) is 6.10. The maximum atomic E-state index is 12.3. The van der Waals surface area contributed by atoms with Gasteiger partial charge in [-0.05, 0) is 29.8 Å². The molecule has 0 fully saturated rings. The average Bonchev–Trinajstić information content (AvgIpc) is 2.77. The Bertz CT molecular complexity index is 862. The van der Waals surface area contributed by atoms with Crippen LogP contribution in [0.4, 0.5) is 11.4 Å². The lowest BCUT2D eigenvalue weighted by Gasteiger charge is -2.31. The van der Waals surface area contributed by atoms with Crippen molar-refractivity contribution in [2.45, 2.75) is 6.54 Å². The van der Waals surface area contributed by atoms with Crippen LogP contribution in [0.3, 0.4) is 0 Å². The molecule has 2 aromatic rings. The zero-order valence-corrected chi connectivity index (χ0v) is 15.8. The molecule has 146 valence electrons. The molecule has 2 aromatic carbocycles. The highest BCUT2D eigenvalue weighted by atomic mass is 16.5. The molecule has 0 aliphatic carbocycles. The summed E-state index contributed by atoms with van der Waals surface area (Å²) in [5, 5.41) is 3.34. The van der Waals surface area contributed by atoms with E-state index in [1.807, 2.05) is 54.6 Å². The standard InChI is InChI=1S/C21H22N2O5/c1-26-20(24)18-13-28-14-23(19(18)21(25)27-2)17-10-8-16(9-11-17)22-12-15-6-4-3-5-7-15/h3-11,22H,12-14H2,1-2H3. The second-order valence-corrected chi connectivity index (χ2v) is 6.10. The van der Waals surface area contributed by atoms with Crippen LogP contribution in [-0.4, -0.2) is 39.5 Å². The molecule has 0 aromatic heterocycles. The Labute approximate surface area is 163 Å². The number of esters is 2. The van der Waals surface area contributed by atoms with Gasteiger partial charge >= 0.3 is 11.9 Å². The molecule has 0 bridgehead atoms. The zero-order chi connectivity index (χ0) is 19.9. The number of nitrogens with zero attached hydrogens (tertiary/aromatic N) is 1. The Morgan fingerprint density at radius 1 is 1.00 bits per heavy atom. The molecule has 1 N–H and O–H groups in total. The lowest BCUT2D eigenvalue weighted by Crippen LogP contribution is -2.38. The van der Waals surface area contributed by atoms with E-state index < -0.39 is 11.9 Å². The van der Waals surface area contributed by atoms with Gasteiger partial charge < -0.3 is 24.4 Å². The third-order valence-electron chi connectivity index (χ3n) is 4.35. The summed E-state index contributed by atoms with van der Waals surface area (Å²) in [6.07, 6.45) is 0. The summed E-state index contributed by atoms with van der Waals surface area (Å²) in [6, 6.07) is 17.6. The van der Waals surface area contributed by atoms with Crippen LogP contribution >= 0.6 is 0 Å². The predicted molar refractivity (Wildman–Crippen MR) is 105 cm³/mol. The van der Waals surface area contributed by atoms with Gasteiger partial charge in [0.25, 0.3) is 0 Å².